The van der Waals surface area contributed by atoms with Gasteiger partial charge < -0.3 is 5.73 Å². The van der Waals surface area contributed by atoms with Crippen LogP contribution in [0.2, 0.25) is 0 Å². The second-order valence-corrected chi connectivity index (χ2v) is 4.04. The third-order valence-corrected chi connectivity index (χ3v) is 2.82. The number of nitrogens with two attached hydrogens (primary N) is 1. The highest BCUT2D eigenvalue weighted by Crippen LogP contribution is 2.42. The third kappa shape index (κ3) is 2.95. The molecule has 0 aromatic heterocycles. The van der Waals surface area contributed by atoms with E-state index in [1.54, 1.807) is 0 Å². The predicted molar refractivity (Wildman–Crippen MR) is 52.7 cm³/mol. The Bertz CT molecular complexity index is 458. The van der Waals surface area contributed by atoms with Gasteiger partial charge >= 0.3 is 12.4 Å². The van der Waals surface area contributed by atoms with Crippen LogP contribution in [0.25, 0.3) is 0 Å². The number of primary amides is 1. The molecule has 0 spiro atoms. The highest BCUT2D eigenvalue weighted by Gasteiger charge is 2.41. The maximum absolute atomic E-state index is 12.5. The molecule has 1 aromatic carbocycles. The van der Waals surface area contributed by atoms with Gasteiger partial charge in [-0.2, -0.15) is 26.3 Å². The maximum atomic E-state index is 12.5. The summed E-state index contributed by atoms with van der Waals surface area (Å²) < 4.78 is 73.9. The van der Waals surface area contributed by atoms with E-state index in [0.717, 1.165) is 0 Å². The first-order valence-corrected chi connectivity index (χ1v) is 5.01. The van der Waals surface area contributed by atoms with E-state index in [9.17, 15) is 31.1 Å². The summed E-state index contributed by atoms with van der Waals surface area (Å²) in [7, 11) is 0. The number of hydrogen-bond donors (Lipinski definition) is 1. The molecular formula is C9H4BrF6NO. The molecule has 1 amide bonds. The Kier molecular flexibility index (Phi) is 3.66. The fourth-order valence-electron chi connectivity index (χ4n) is 1.18. The molecule has 100 valence electrons. The van der Waals surface area contributed by atoms with Crippen molar-refractivity contribution in [2.24, 2.45) is 5.73 Å². The number of rotatable bonds is 1. The number of halogens is 7. The van der Waals surface area contributed by atoms with Gasteiger partial charge in [0.25, 0.3) is 0 Å². The zero-order valence-corrected chi connectivity index (χ0v) is 9.87. The average Bonchev–Trinajstić information content (AvgIpc) is 2.13. The molecule has 2 nitrogen and oxygen atoms in total. The summed E-state index contributed by atoms with van der Waals surface area (Å²) in [4.78, 5) is 10.7. The molecule has 0 heterocycles. The van der Waals surface area contributed by atoms with Crippen LogP contribution in [0.1, 0.15) is 21.5 Å². The summed E-state index contributed by atoms with van der Waals surface area (Å²) >= 11 is 2.24. The molecule has 0 bridgehead atoms. The molecule has 0 saturated heterocycles. The molecule has 18 heavy (non-hydrogen) atoms. The number of alkyl halides is 6. The number of amides is 1. The molecule has 0 fully saturated rings. The monoisotopic (exact) mass is 335 g/mol. The van der Waals surface area contributed by atoms with E-state index in [4.69, 9.17) is 5.73 Å². The van der Waals surface area contributed by atoms with Crippen LogP contribution in [0.5, 0.6) is 0 Å². The van der Waals surface area contributed by atoms with Crippen LogP contribution in [0.3, 0.4) is 0 Å². The van der Waals surface area contributed by atoms with E-state index in [0.29, 0.717) is 0 Å². The second kappa shape index (κ2) is 4.45. The molecule has 1 rings (SSSR count). The largest absolute Gasteiger partial charge is 0.417 e. The van der Waals surface area contributed by atoms with Crippen molar-refractivity contribution in [1.82, 2.24) is 0 Å². The Morgan fingerprint density at radius 3 is 1.56 bits per heavy atom. The van der Waals surface area contributed by atoms with E-state index in [1.165, 1.54) is 0 Å². The normalized spacial score (nSPS) is 12.6. The molecule has 0 unspecified atom stereocenters. The highest BCUT2D eigenvalue weighted by molar-refractivity contribution is 9.10. The Hall–Kier alpha value is -1.25. The van der Waals surface area contributed by atoms with Gasteiger partial charge in [0.05, 0.1) is 11.1 Å². The van der Waals surface area contributed by atoms with Crippen molar-refractivity contribution in [3.63, 3.8) is 0 Å². The minimum atomic E-state index is -5.04. The number of hydrogen-bond acceptors (Lipinski definition) is 1. The summed E-state index contributed by atoms with van der Waals surface area (Å²) in [6, 6.07) is 0.531. The van der Waals surface area contributed by atoms with Crippen molar-refractivity contribution in [2.45, 2.75) is 12.4 Å². The Morgan fingerprint density at radius 1 is 1.00 bits per heavy atom. The van der Waals surface area contributed by atoms with Crippen LogP contribution in [0.15, 0.2) is 16.6 Å². The number of benzene rings is 1. The van der Waals surface area contributed by atoms with E-state index in [1.807, 2.05) is 0 Å². The minimum Gasteiger partial charge on any atom is -0.366 e. The van der Waals surface area contributed by atoms with Crippen LogP contribution in [-0.2, 0) is 12.4 Å². The topological polar surface area (TPSA) is 43.1 Å². The number of carbonyl (C=O) groups excluding carboxylic acids is 1. The fourth-order valence-corrected chi connectivity index (χ4v) is 1.86. The first-order chi connectivity index (χ1) is 7.94. The molecule has 0 aliphatic rings. The van der Waals surface area contributed by atoms with Gasteiger partial charge in [0.2, 0.25) is 5.91 Å². The lowest BCUT2D eigenvalue weighted by molar-refractivity contribution is -0.144. The Balaban J connectivity index is 3.64. The van der Waals surface area contributed by atoms with Crippen molar-refractivity contribution < 1.29 is 31.1 Å². The lowest BCUT2D eigenvalue weighted by Gasteiger charge is -2.16. The summed E-state index contributed by atoms with van der Waals surface area (Å²) in [6.07, 6.45) is -10.1. The van der Waals surface area contributed by atoms with Gasteiger partial charge in [0, 0.05) is 10.0 Å². The quantitative estimate of drug-likeness (QED) is 0.783. The van der Waals surface area contributed by atoms with Crippen LogP contribution >= 0.6 is 15.9 Å². The van der Waals surface area contributed by atoms with Crippen LogP contribution < -0.4 is 5.73 Å². The summed E-state index contributed by atoms with van der Waals surface area (Å²) in [6.45, 7) is 0. The molecule has 0 radical (unpaired) electrons. The van der Waals surface area contributed by atoms with Crippen molar-refractivity contribution in [1.29, 1.82) is 0 Å². The van der Waals surface area contributed by atoms with Gasteiger partial charge in [-0.25, -0.2) is 0 Å². The van der Waals surface area contributed by atoms with E-state index in [-0.39, 0.29) is 12.1 Å². The zero-order chi connectivity index (χ0) is 14.3. The number of carbonyl (C=O) groups is 1. The summed E-state index contributed by atoms with van der Waals surface area (Å²) in [5.74, 6) is -1.38. The maximum Gasteiger partial charge on any atom is 0.417 e. The molecule has 0 saturated carbocycles. The Labute approximate surface area is 105 Å². The van der Waals surface area contributed by atoms with E-state index in [2.05, 4.69) is 15.9 Å². The first-order valence-electron chi connectivity index (χ1n) is 4.22. The standard InChI is InChI=1S/C9H4BrF6NO/c10-6-4(8(11,12)13)1-3(7(17)18)2-5(6)9(14,15)16/h1-2H,(H2,17,18). The Morgan fingerprint density at radius 2 is 1.33 bits per heavy atom. The molecule has 0 aliphatic heterocycles. The van der Waals surface area contributed by atoms with Gasteiger partial charge in [0.15, 0.2) is 0 Å². The molecule has 9 heteroatoms. The lowest BCUT2D eigenvalue weighted by atomic mass is 10.0. The third-order valence-electron chi connectivity index (χ3n) is 1.97. The SMILES string of the molecule is NC(=O)c1cc(C(F)(F)F)c(Br)c(C(F)(F)F)c1. The van der Waals surface area contributed by atoms with Gasteiger partial charge in [0.1, 0.15) is 0 Å². The van der Waals surface area contributed by atoms with Crippen molar-refractivity contribution >= 4 is 21.8 Å². The van der Waals surface area contributed by atoms with Crippen molar-refractivity contribution in [3.05, 3.63) is 33.3 Å². The van der Waals surface area contributed by atoms with Gasteiger partial charge in [-0.05, 0) is 28.1 Å². The zero-order valence-electron chi connectivity index (χ0n) is 8.29. The van der Waals surface area contributed by atoms with Gasteiger partial charge in [-0.15, -0.1) is 0 Å². The lowest BCUT2D eigenvalue weighted by Crippen LogP contribution is -2.18. The minimum absolute atomic E-state index is 0.266. The van der Waals surface area contributed by atoms with E-state index >= 15 is 0 Å². The van der Waals surface area contributed by atoms with Gasteiger partial charge in [-0.3, -0.25) is 4.79 Å². The molecule has 0 aliphatic carbocycles. The smallest absolute Gasteiger partial charge is 0.366 e. The predicted octanol–water partition coefficient (Wildman–Crippen LogP) is 3.59. The molecular weight excluding hydrogens is 332 g/mol. The first kappa shape index (κ1) is 14.8. The van der Waals surface area contributed by atoms with Crippen molar-refractivity contribution in [2.75, 3.05) is 0 Å². The molecule has 2 N–H and O–H groups in total. The molecule has 0 atom stereocenters. The van der Waals surface area contributed by atoms with Crippen LogP contribution in [0.4, 0.5) is 26.3 Å². The van der Waals surface area contributed by atoms with Crippen LogP contribution in [0, 0.1) is 0 Å². The second-order valence-electron chi connectivity index (χ2n) is 3.25. The van der Waals surface area contributed by atoms with Crippen LogP contribution in [-0.4, -0.2) is 5.91 Å². The highest BCUT2D eigenvalue weighted by atomic mass is 79.9. The van der Waals surface area contributed by atoms with Gasteiger partial charge in [-0.1, -0.05) is 0 Å². The van der Waals surface area contributed by atoms with E-state index < -0.39 is 39.4 Å². The summed E-state index contributed by atoms with van der Waals surface area (Å²) in [5.41, 5.74) is 0.625. The fraction of sp³-hybridized carbons (Fsp3) is 0.222. The average molecular weight is 336 g/mol. The van der Waals surface area contributed by atoms with Crippen molar-refractivity contribution in [3.8, 4) is 0 Å². The summed E-state index contributed by atoms with van der Waals surface area (Å²) in [5, 5.41) is 0. The molecule has 1 aromatic rings.